The van der Waals surface area contributed by atoms with Crippen LogP contribution >= 0.6 is 24.0 Å². The summed E-state index contributed by atoms with van der Waals surface area (Å²) in [6, 6.07) is 9.89. The normalized spacial score (nSPS) is 32.2. The molecule has 0 bridgehead atoms. The van der Waals surface area contributed by atoms with Gasteiger partial charge in [-0.25, -0.2) is 0 Å². The number of anilines is 1. The maximum absolute atomic E-state index is 6.08. The molecular weight excluding hydrogens is 475 g/mol. The van der Waals surface area contributed by atoms with Gasteiger partial charge in [-0.1, -0.05) is 24.1 Å². The molecule has 0 amide bonds. The Morgan fingerprint density at radius 3 is 2.69 bits per heavy atom. The molecule has 6 heteroatoms. The molecule has 2 heterocycles. The van der Waals surface area contributed by atoms with Gasteiger partial charge in [-0.3, -0.25) is 4.99 Å². The second kappa shape index (κ2) is 8.61. The fourth-order valence-corrected chi connectivity index (χ4v) is 5.96. The van der Waals surface area contributed by atoms with Crippen LogP contribution in [0, 0.1) is 18.3 Å². The molecule has 5 nitrogen and oxygen atoms in total. The molecule has 1 aromatic rings. The number of halogens is 1. The molecule has 4 atom stereocenters. The van der Waals surface area contributed by atoms with Gasteiger partial charge < -0.3 is 20.3 Å². The lowest BCUT2D eigenvalue weighted by atomic mass is 9.46. The van der Waals surface area contributed by atoms with Crippen LogP contribution in [0.15, 0.2) is 29.3 Å². The fourth-order valence-electron chi connectivity index (χ4n) is 5.96. The van der Waals surface area contributed by atoms with Gasteiger partial charge in [0.2, 0.25) is 0 Å². The van der Waals surface area contributed by atoms with Crippen LogP contribution in [0.2, 0.25) is 0 Å². The third-order valence-corrected chi connectivity index (χ3v) is 7.57. The standard InChI is InChI=1S/C23H34N4O.HI/c1-3-24-22(26-20-19-10-14-28-21(19)23(20)11-4-12-23)25-17-9-13-27(15-17)18-7-5-16(2)6-8-18;/h5-8,17,19-21H,3-4,9-15H2,1-2H3,(H2,24,25,26);1H. The van der Waals surface area contributed by atoms with Crippen molar-refractivity contribution in [3.63, 3.8) is 0 Å². The molecule has 1 spiro atoms. The minimum atomic E-state index is 0. The van der Waals surface area contributed by atoms with Gasteiger partial charge in [0.1, 0.15) is 0 Å². The first-order valence-corrected chi connectivity index (χ1v) is 11.2. The minimum Gasteiger partial charge on any atom is -0.377 e. The SMILES string of the molecule is CCN=C(NC1CCN(c2ccc(C)cc2)C1)NC1C2CCOC2C12CCC2.I. The zero-order valence-corrected chi connectivity index (χ0v) is 20.0. The number of hydrogen-bond donors (Lipinski definition) is 2. The molecule has 5 rings (SSSR count). The minimum absolute atomic E-state index is 0. The Morgan fingerprint density at radius 1 is 1.21 bits per heavy atom. The van der Waals surface area contributed by atoms with Crippen molar-refractivity contribution >= 4 is 35.6 Å². The highest BCUT2D eigenvalue weighted by Crippen LogP contribution is 2.62. The van der Waals surface area contributed by atoms with Crippen molar-refractivity contribution < 1.29 is 4.74 Å². The summed E-state index contributed by atoms with van der Waals surface area (Å²) in [5, 5.41) is 7.60. The lowest BCUT2D eigenvalue weighted by Gasteiger charge is -2.63. The molecule has 0 aromatic heterocycles. The highest BCUT2D eigenvalue weighted by Gasteiger charge is 2.66. The number of aryl methyl sites for hydroxylation is 1. The molecule has 2 aliphatic carbocycles. The summed E-state index contributed by atoms with van der Waals surface area (Å²) in [6.07, 6.45) is 6.85. The van der Waals surface area contributed by atoms with Crippen molar-refractivity contribution in [3.8, 4) is 0 Å². The average Bonchev–Trinajstić information content (AvgIpc) is 3.27. The zero-order chi connectivity index (χ0) is 19.1. The number of nitrogens with one attached hydrogen (secondary N) is 2. The van der Waals surface area contributed by atoms with Gasteiger partial charge >= 0.3 is 0 Å². The first kappa shape index (κ1) is 21.2. The lowest BCUT2D eigenvalue weighted by Crippen LogP contribution is -2.72. The van der Waals surface area contributed by atoms with E-state index < -0.39 is 0 Å². The number of rotatable bonds is 4. The highest BCUT2D eigenvalue weighted by molar-refractivity contribution is 14.0. The Kier molecular flexibility index (Phi) is 6.30. The number of nitrogens with zero attached hydrogens (tertiary/aromatic N) is 2. The van der Waals surface area contributed by atoms with E-state index in [2.05, 4.69) is 53.6 Å². The average molecular weight is 510 g/mol. The van der Waals surface area contributed by atoms with Gasteiger partial charge in [-0.15, -0.1) is 24.0 Å². The van der Waals surface area contributed by atoms with Crippen LogP contribution in [0.3, 0.4) is 0 Å². The van der Waals surface area contributed by atoms with E-state index in [4.69, 9.17) is 9.73 Å². The summed E-state index contributed by atoms with van der Waals surface area (Å²) >= 11 is 0. The Balaban J connectivity index is 0.00000205. The Morgan fingerprint density at radius 2 is 2.00 bits per heavy atom. The topological polar surface area (TPSA) is 48.9 Å². The smallest absolute Gasteiger partial charge is 0.191 e. The van der Waals surface area contributed by atoms with Crippen molar-refractivity contribution in [2.75, 3.05) is 31.1 Å². The molecule has 2 aliphatic heterocycles. The third kappa shape index (κ3) is 3.75. The van der Waals surface area contributed by atoms with Crippen molar-refractivity contribution in [1.29, 1.82) is 0 Å². The lowest BCUT2D eigenvalue weighted by molar-refractivity contribution is -0.171. The number of aliphatic imine (C=N–C) groups is 1. The van der Waals surface area contributed by atoms with E-state index >= 15 is 0 Å². The molecule has 4 aliphatic rings. The van der Waals surface area contributed by atoms with E-state index in [0.29, 0.717) is 29.5 Å². The monoisotopic (exact) mass is 510 g/mol. The zero-order valence-electron chi connectivity index (χ0n) is 17.7. The van der Waals surface area contributed by atoms with Gasteiger partial charge in [0, 0.05) is 55.3 Å². The second-order valence-corrected chi connectivity index (χ2v) is 9.19. The predicted molar refractivity (Wildman–Crippen MR) is 129 cm³/mol. The summed E-state index contributed by atoms with van der Waals surface area (Å²) < 4.78 is 6.08. The predicted octanol–water partition coefficient (Wildman–Crippen LogP) is 3.70. The van der Waals surface area contributed by atoms with Crippen LogP contribution in [-0.2, 0) is 4.74 Å². The first-order chi connectivity index (χ1) is 13.7. The maximum Gasteiger partial charge on any atom is 0.191 e. The van der Waals surface area contributed by atoms with Crippen LogP contribution in [0.5, 0.6) is 0 Å². The van der Waals surface area contributed by atoms with Gasteiger partial charge in [-0.05, 0) is 51.7 Å². The maximum atomic E-state index is 6.08. The number of benzene rings is 1. The van der Waals surface area contributed by atoms with E-state index in [1.807, 2.05) is 0 Å². The van der Waals surface area contributed by atoms with Crippen LogP contribution in [0.25, 0.3) is 0 Å². The molecule has 4 unspecified atom stereocenters. The Bertz CT molecular complexity index is 733. The summed E-state index contributed by atoms with van der Waals surface area (Å²) in [4.78, 5) is 7.28. The van der Waals surface area contributed by atoms with Crippen LogP contribution in [-0.4, -0.2) is 50.4 Å². The molecule has 2 saturated carbocycles. The van der Waals surface area contributed by atoms with Crippen molar-refractivity contribution in [2.45, 2.75) is 64.1 Å². The molecule has 1 aromatic carbocycles. The van der Waals surface area contributed by atoms with E-state index in [1.54, 1.807) is 0 Å². The number of fused-ring (bicyclic) bond motifs is 2. The highest BCUT2D eigenvalue weighted by atomic mass is 127. The van der Waals surface area contributed by atoms with Gasteiger partial charge in [0.15, 0.2) is 5.96 Å². The number of guanidine groups is 1. The number of hydrogen-bond acceptors (Lipinski definition) is 3. The molecule has 29 heavy (non-hydrogen) atoms. The van der Waals surface area contributed by atoms with Crippen molar-refractivity contribution in [2.24, 2.45) is 16.3 Å². The van der Waals surface area contributed by atoms with E-state index in [9.17, 15) is 0 Å². The van der Waals surface area contributed by atoms with E-state index in [1.165, 1.54) is 36.9 Å². The fraction of sp³-hybridized carbons (Fsp3) is 0.696. The molecule has 2 saturated heterocycles. The summed E-state index contributed by atoms with van der Waals surface area (Å²) in [5.74, 6) is 1.69. The van der Waals surface area contributed by atoms with E-state index in [-0.39, 0.29) is 24.0 Å². The Labute approximate surface area is 192 Å². The summed E-state index contributed by atoms with van der Waals surface area (Å²) in [7, 11) is 0. The van der Waals surface area contributed by atoms with Crippen LogP contribution < -0.4 is 15.5 Å². The largest absolute Gasteiger partial charge is 0.377 e. The van der Waals surface area contributed by atoms with Crippen molar-refractivity contribution in [3.05, 3.63) is 29.8 Å². The van der Waals surface area contributed by atoms with Crippen molar-refractivity contribution in [1.82, 2.24) is 10.6 Å². The molecule has 4 fully saturated rings. The van der Waals surface area contributed by atoms with Crippen LogP contribution in [0.1, 0.15) is 44.6 Å². The summed E-state index contributed by atoms with van der Waals surface area (Å²) in [6.45, 7) is 8.17. The van der Waals surface area contributed by atoms with Gasteiger partial charge in [0.25, 0.3) is 0 Å². The molecular formula is C23H35IN4O. The van der Waals surface area contributed by atoms with Gasteiger partial charge in [0.05, 0.1) is 6.10 Å². The second-order valence-electron chi connectivity index (χ2n) is 9.19. The molecule has 2 N–H and O–H groups in total. The molecule has 0 radical (unpaired) electrons. The quantitative estimate of drug-likeness (QED) is 0.369. The molecule has 160 valence electrons. The Hall–Kier alpha value is -1.02. The number of ether oxygens (including phenoxy) is 1. The van der Waals surface area contributed by atoms with Gasteiger partial charge in [-0.2, -0.15) is 0 Å². The first-order valence-electron chi connectivity index (χ1n) is 11.2. The third-order valence-electron chi connectivity index (χ3n) is 7.57. The summed E-state index contributed by atoms with van der Waals surface area (Å²) in [5.41, 5.74) is 3.04. The van der Waals surface area contributed by atoms with Crippen LogP contribution in [0.4, 0.5) is 5.69 Å². The van der Waals surface area contributed by atoms with E-state index in [0.717, 1.165) is 38.6 Å².